The van der Waals surface area contributed by atoms with Crippen LogP contribution in [0.4, 0.5) is 10.1 Å². The van der Waals surface area contributed by atoms with E-state index in [2.05, 4.69) is 10.4 Å². The van der Waals surface area contributed by atoms with E-state index in [-0.39, 0.29) is 12.4 Å². The number of methoxy groups -OCH3 is 1. The standard InChI is InChI=1S/C23H20ClFN4O3/c1-31-13-14-32-21-19(24)5-4-6-20(21)27-22(30)18-15-26-29(17-9-7-16(25)8-10-17)23(18)28-11-2-3-12-28/h2-12,15H,13-14H2,1H3,(H,27,30). The summed E-state index contributed by atoms with van der Waals surface area (Å²) in [6.45, 7) is 0.654. The zero-order valence-electron chi connectivity index (χ0n) is 17.2. The zero-order valence-corrected chi connectivity index (χ0v) is 17.9. The maximum Gasteiger partial charge on any atom is 0.261 e. The molecule has 0 fully saturated rings. The molecule has 0 spiro atoms. The predicted octanol–water partition coefficient (Wildman–Crippen LogP) is 4.73. The van der Waals surface area contributed by atoms with Crippen LogP contribution in [0.25, 0.3) is 11.5 Å². The van der Waals surface area contributed by atoms with E-state index in [1.165, 1.54) is 18.3 Å². The highest BCUT2D eigenvalue weighted by Gasteiger charge is 2.21. The van der Waals surface area contributed by atoms with Crippen LogP contribution in [0.5, 0.6) is 5.75 Å². The Hall–Kier alpha value is -3.62. The number of benzene rings is 2. The number of carbonyl (C=O) groups is 1. The number of para-hydroxylation sites is 1. The second kappa shape index (κ2) is 9.67. The van der Waals surface area contributed by atoms with Crippen molar-refractivity contribution in [1.82, 2.24) is 14.3 Å². The van der Waals surface area contributed by atoms with Crippen molar-refractivity contribution in [2.45, 2.75) is 0 Å². The average molecular weight is 455 g/mol. The van der Waals surface area contributed by atoms with Crippen molar-refractivity contribution < 1.29 is 18.7 Å². The van der Waals surface area contributed by atoms with Crippen molar-refractivity contribution in [2.75, 3.05) is 25.6 Å². The molecule has 32 heavy (non-hydrogen) atoms. The van der Waals surface area contributed by atoms with E-state index in [9.17, 15) is 9.18 Å². The smallest absolute Gasteiger partial charge is 0.261 e. The van der Waals surface area contributed by atoms with Crippen LogP contribution in [0, 0.1) is 5.82 Å². The normalized spacial score (nSPS) is 10.8. The fourth-order valence-electron chi connectivity index (χ4n) is 3.17. The van der Waals surface area contributed by atoms with Crippen molar-refractivity contribution in [3.05, 3.63) is 89.6 Å². The summed E-state index contributed by atoms with van der Waals surface area (Å²) in [6.07, 6.45) is 5.06. The van der Waals surface area contributed by atoms with E-state index in [1.54, 1.807) is 59.1 Å². The van der Waals surface area contributed by atoms with Gasteiger partial charge in [-0.1, -0.05) is 17.7 Å². The monoisotopic (exact) mass is 454 g/mol. The van der Waals surface area contributed by atoms with Gasteiger partial charge in [0, 0.05) is 19.5 Å². The van der Waals surface area contributed by atoms with Gasteiger partial charge in [-0.25, -0.2) is 9.07 Å². The van der Waals surface area contributed by atoms with Crippen LogP contribution in [-0.4, -0.2) is 40.6 Å². The molecule has 9 heteroatoms. The molecule has 0 aliphatic rings. The van der Waals surface area contributed by atoms with Gasteiger partial charge < -0.3 is 19.4 Å². The molecular weight excluding hydrogens is 435 g/mol. The third-order valence-corrected chi connectivity index (χ3v) is 4.96. The molecule has 0 saturated carbocycles. The highest BCUT2D eigenvalue weighted by molar-refractivity contribution is 6.32. The van der Waals surface area contributed by atoms with E-state index >= 15 is 0 Å². The van der Waals surface area contributed by atoms with Crippen LogP contribution in [0.2, 0.25) is 5.02 Å². The maximum absolute atomic E-state index is 13.4. The zero-order chi connectivity index (χ0) is 22.5. The molecule has 1 N–H and O–H groups in total. The summed E-state index contributed by atoms with van der Waals surface area (Å²) in [6, 6.07) is 14.6. The van der Waals surface area contributed by atoms with Crippen molar-refractivity contribution in [1.29, 1.82) is 0 Å². The Labute approximate surface area is 188 Å². The molecule has 1 amide bonds. The van der Waals surface area contributed by atoms with Gasteiger partial charge in [0.15, 0.2) is 11.6 Å². The second-order valence-corrected chi connectivity index (χ2v) is 7.18. The molecular formula is C23H20ClFN4O3. The number of rotatable bonds is 8. The number of carbonyl (C=O) groups excluding carboxylic acids is 1. The largest absolute Gasteiger partial charge is 0.487 e. The topological polar surface area (TPSA) is 70.3 Å². The van der Waals surface area contributed by atoms with Gasteiger partial charge in [0.2, 0.25) is 0 Å². The molecule has 0 radical (unpaired) electrons. The number of hydrogen-bond donors (Lipinski definition) is 1. The van der Waals surface area contributed by atoms with E-state index in [0.717, 1.165) is 0 Å². The summed E-state index contributed by atoms with van der Waals surface area (Å²) < 4.78 is 27.4. The Morgan fingerprint density at radius 2 is 1.84 bits per heavy atom. The van der Waals surface area contributed by atoms with Gasteiger partial charge in [-0.3, -0.25) is 4.79 Å². The molecule has 0 atom stereocenters. The second-order valence-electron chi connectivity index (χ2n) is 6.77. The van der Waals surface area contributed by atoms with Crippen molar-refractivity contribution in [2.24, 2.45) is 0 Å². The SMILES string of the molecule is COCCOc1c(Cl)cccc1NC(=O)c1cnn(-c2ccc(F)cc2)c1-n1cccc1. The summed E-state index contributed by atoms with van der Waals surface area (Å²) in [5.41, 5.74) is 1.35. The summed E-state index contributed by atoms with van der Waals surface area (Å²) in [4.78, 5) is 13.3. The van der Waals surface area contributed by atoms with Gasteiger partial charge in [0.25, 0.3) is 5.91 Å². The molecule has 0 aliphatic heterocycles. The number of nitrogens with zero attached hydrogens (tertiary/aromatic N) is 3. The first kappa shape index (κ1) is 21.6. The lowest BCUT2D eigenvalue weighted by molar-refractivity contribution is 0.102. The van der Waals surface area contributed by atoms with E-state index in [1.807, 2.05) is 12.1 Å². The number of amides is 1. The molecule has 0 bridgehead atoms. The Kier molecular flexibility index (Phi) is 6.53. The molecule has 2 aromatic carbocycles. The molecule has 0 saturated heterocycles. The highest BCUT2D eigenvalue weighted by atomic mass is 35.5. The van der Waals surface area contributed by atoms with Crippen LogP contribution in [-0.2, 0) is 4.74 Å². The van der Waals surface area contributed by atoms with Gasteiger partial charge in [0.05, 0.1) is 29.2 Å². The minimum Gasteiger partial charge on any atom is -0.487 e. The van der Waals surface area contributed by atoms with Crippen LogP contribution in [0.1, 0.15) is 10.4 Å². The molecule has 0 aliphatic carbocycles. The first-order chi connectivity index (χ1) is 15.6. The van der Waals surface area contributed by atoms with Crippen LogP contribution in [0.3, 0.4) is 0 Å². The fraction of sp³-hybridized carbons (Fsp3) is 0.130. The minimum atomic E-state index is -0.402. The maximum atomic E-state index is 13.4. The summed E-state index contributed by atoms with van der Waals surface area (Å²) in [5.74, 6) is 0.0975. The molecule has 4 aromatic rings. The third kappa shape index (κ3) is 4.51. The highest BCUT2D eigenvalue weighted by Crippen LogP contribution is 2.33. The Morgan fingerprint density at radius 3 is 2.56 bits per heavy atom. The van der Waals surface area contributed by atoms with Crippen molar-refractivity contribution in [3.8, 4) is 17.3 Å². The van der Waals surface area contributed by atoms with Crippen molar-refractivity contribution >= 4 is 23.2 Å². The number of ether oxygens (including phenoxy) is 2. The summed E-state index contributed by atoms with van der Waals surface area (Å²) in [7, 11) is 1.57. The lowest BCUT2D eigenvalue weighted by Gasteiger charge is -2.15. The van der Waals surface area contributed by atoms with Gasteiger partial charge in [-0.2, -0.15) is 5.10 Å². The van der Waals surface area contributed by atoms with Crippen LogP contribution in [0.15, 0.2) is 73.2 Å². The Bertz CT molecular complexity index is 1210. The van der Waals surface area contributed by atoms with Crippen LogP contribution < -0.4 is 10.1 Å². The Morgan fingerprint density at radius 1 is 1.09 bits per heavy atom. The molecule has 164 valence electrons. The number of anilines is 1. The first-order valence-corrected chi connectivity index (χ1v) is 10.1. The van der Waals surface area contributed by atoms with Gasteiger partial charge >= 0.3 is 0 Å². The first-order valence-electron chi connectivity index (χ1n) is 9.77. The van der Waals surface area contributed by atoms with Gasteiger partial charge in [-0.15, -0.1) is 0 Å². The molecule has 2 aromatic heterocycles. The van der Waals surface area contributed by atoms with E-state index in [0.29, 0.717) is 40.1 Å². The number of hydrogen-bond acceptors (Lipinski definition) is 4. The van der Waals surface area contributed by atoms with E-state index in [4.69, 9.17) is 21.1 Å². The average Bonchev–Trinajstić information content (AvgIpc) is 3.46. The molecule has 7 nitrogen and oxygen atoms in total. The fourth-order valence-corrected chi connectivity index (χ4v) is 3.40. The lowest BCUT2D eigenvalue weighted by Crippen LogP contribution is -2.16. The minimum absolute atomic E-state index is 0.278. The lowest BCUT2D eigenvalue weighted by atomic mass is 10.2. The predicted molar refractivity (Wildman–Crippen MR) is 120 cm³/mol. The van der Waals surface area contributed by atoms with E-state index < -0.39 is 5.91 Å². The third-order valence-electron chi connectivity index (χ3n) is 4.66. The molecule has 0 unspecified atom stereocenters. The van der Waals surface area contributed by atoms with Crippen molar-refractivity contribution in [3.63, 3.8) is 0 Å². The number of aromatic nitrogens is 3. The Balaban J connectivity index is 1.70. The van der Waals surface area contributed by atoms with Gasteiger partial charge in [0.1, 0.15) is 18.0 Å². The molecule has 4 rings (SSSR count). The number of halogens is 2. The summed E-state index contributed by atoms with van der Waals surface area (Å²) >= 11 is 6.28. The summed E-state index contributed by atoms with van der Waals surface area (Å²) in [5, 5.41) is 7.60. The molecule has 2 heterocycles. The van der Waals surface area contributed by atoms with Crippen LogP contribution >= 0.6 is 11.6 Å². The number of nitrogens with one attached hydrogen (secondary N) is 1. The van der Waals surface area contributed by atoms with Gasteiger partial charge in [-0.05, 0) is 48.5 Å². The quantitative estimate of drug-likeness (QED) is 0.391.